The van der Waals surface area contributed by atoms with E-state index in [-0.39, 0.29) is 25.1 Å². The number of carbonyl (C=O) groups excluding carboxylic acids is 1. The number of carbonyl (C=O) groups is 1. The van der Waals surface area contributed by atoms with Crippen molar-refractivity contribution in [2.75, 3.05) is 53.6 Å². The maximum Gasteiger partial charge on any atom is 0.237 e. The molecule has 174 valence electrons. The van der Waals surface area contributed by atoms with E-state index in [0.29, 0.717) is 32.0 Å². The van der Waals surface area contributed by atoms with Gasteiger partial charge in [-0.3, -0.25) is 9.69 Å². The van der Waals surface area contributed by atoms with Crippen LogP contribution in [0.2, 0.25) is 0 Å². The molecule has 8 heteroatoms. The topological polar surface area (TPSA) is 71.5 Å². The van der Waals surface area contributed by atoms with Crippen molar-refractivity contribution in [3.8, 4) is 11.5 Å². The molecule has 0 radical (unpaired) electrons. The van der Waals surface area contributed by atoms with Gasteiger partial charge >= 0.3 is 0 Å². The van der Waals surface area contributed by atoms with Crippen LogP contribution in [0.3, 0.4) is 0 Å². The number of aliphatic hydroxyl groups excluding tert-OH is 1. The quantitative estimate of drug-likeness (QED) is 0.491. The molecule has 1 N–H and O–H groups in total. The third-order valence-corrected chi connectivity index (χ3v) is 6.43. The molecule has 0 unspecified atom stereocenters. The molecule has 0 spiro atoms. The Hall–Kier alpha value is -2.39. The third kappa shape index (κ3) is 6.32. The van der Waals surface area contributed by atoms with Crippen molar-refractivity contribution in [2.45, 2.75) is 18.6 Å². The molecular weight excluding hydrogens is 428 g/mol. The van der Waals surface area contributed by atoms with E-state index in [4.69, 9.17) is 14.2 Å². The lowest BCUT2D eigenvalue weighted by Gasteiger charge is -2.37. The van der Waals surface area contributed by atoms with Gasteiger partial charge in [0.1, 0.15) is 18.1 Å². The molecule has 0 fully saturated rings. The van der Waals surface area contributed by atoms with E-state index in [9.17, 15) is 9.90 Å². The molecule has 1 aromatic carbocycles. The number of fused-ring (bicyclic) bond motifs is 1. The number of hydrogen-bond acceptors (Lipinski definition) is 7. The zero-order chi connectivity index (χ0) is 22.9. The molecule has 1 aromatic heterocycles. The average Bonchev–Trinajstić information content (AvgIpc) is 3.27. The molecule has 1 amide bonds. The van der Waals surface area contributed by atoms with Gasteiger partial charge < -0.3 is 24.2 Å². The predicted molar refractivity (Wildman–Crippen MR) is 125 cm³/mol. The monoisotopic (exact) mass is 460 g/mol. The first-order valence-electron chi connectivity index (χ1n) is 10.7. The summed E-state index contributed by atoms with van der Waals surface area (Å²) in [4.78, 5) is 18.4. The minimum absolute atomic E-state index is 0.00700. The molecule has 2 aromatic rings. The van der Waals surface area contributed by atoms with Crippen LogP contribution in [0.4, 0.5) is 0 Å². The van der Waals surface area contributed by atoms with Crippen molar-refractivity contribution in [1.82, 2.24) is 9.80 Å². The van der Waals surface area contributed by atoms with Gasteiger partial charge in [0.15, 0.2) is 0 Å². The minimum atomic E-state index is -0.662. The van der Waals surface area contributed by atoms with Gasteiger partial charge in [-0.2, -0.15) is 0 Å². The summed E-state index contributed by atoms with van der Waals surface area (Å²) in [6.45, 7) is 6.05. The highest BCUT2D eigenvalue weighted by Gasteiger charge is 2.33. The summed E-state index contributed by atoms with van der Waals surface area (Å²) in [5, 5.41) is 12.2. The number of thiophene rings is 1. The Bertz CT molecular complexity index is 887. The van der Waals surface area contributed by atoms with Crippen molar-refractivity contribution in [3.05, 3.63) is 58.8 Å². The molecule has 0 saturated heterocycles. The highest BCUT2D eigenvalue weighted by atomic mass is 32.1. The highest BCUT2D eigenvalue weighted by molar-refractivity contribution is 7.10. The van der Waals surface area contributed by atoms with Crippen LogP contribution >= 0.6 is 11.3 Å². The van der Waals surface area contributed by atoms with Crippen molar-refractivity contribution in [2.24, 2.45) is 0 Å². The van der Waals surface area contributed by atoms with E-state index in [2.05, 4.69) is 18.0 Å². The molecule has 1 aliphatic rings. The first-order chi connectivity index (χ1) is 15.5. The van der Waals surface area contributed by atoms with Crippen LogP contribution in [0.15, 0.2) is 48.4 Å². The number of ether oxygens (including phenoxy) is 3. The molecule has 3 rings (SSSR count). The summed E-state index contributed by atoms with van der Waals surface area (Å²) >= 11 is 1.72. The molecule has 32 heavy (non-hydrogen) atoms. The Morgan fingerprint density at radius 3 is 2.94 bits per heavy atom. The van der Waals surface area contributed by atoms with Crippen LogP contribution in [0.5, 0.6) is 11.5 Å². The van der Waals surface area contributed by atoms with Gasteiger partial charge in [-0.1, -0.05) is 12.1 Å². The smallest absolute Gasteiger partial charge is 0.237 e. The van der Waals surface area contributed by atoms with E-state index in [0.717, 1.165) is 17.7 Å². The van der Waals surface area contributed by atoms with Crippen LogP contribution in [0.1, 0.15) is 16.5 Å². The van der Waals surface area contributed by atoms with E-state index < -0.39 is 6.10 Å². The molecule has 0 aliphatic carbocycles. The number of aliphatic hydroxyl groups is 1. The Morgan fingerprint density at radius 1 is 1.38 bits per heavy atom. The number of nitrogens with zero attached hydrogens (tertiary/aromatic N) is 2. The summed E-state index contributed by atoms with van der Waals surface area (Å²) in [5.74, 6) is 1.44. The summed E-state index contributed by atoms with van der Waals surface area (Å²) < 4.78 is 16.4. The maximum absolute atomic E-state index is 13.3. The normalized spacial score (nSPS) is 16.5. The van der Waals surface area contributed by atoms with Crippen molar-refractivity contribution in [1.29, 1.82) is 0 Å². The van der Waals surface area contributed by atoms with Crippen LogP contribution in [0, 0.1) is 0 Å². The fraction of sp³-hybridized carbons (Fsp3) is 0.458. The van der Waals surface area contributed by atoms with Crippen LogP contribution < -0.4 is 9.47 Å². The lowest BCUT2D eigenvalue weighted by Crippen LogP contribution is -2.48. The van der Waals surface area contributed by atoms with Gasteiger partial charge in [0, 0.05) is 37.7 Å². The molecule has 7 nitrogen and oxygen atoms in total. The van der Waals surface area contributed by atoms with E-state index in [1.165, 1.54) is 4.88 Å². The molecule has 0 bridgehead atoms. The molecule has 0 saturated carbocycles. The zero-order valence-electron chi connectivity index (χ0n) is 18.7. The standard InChI is InChI=1S/C24H32N2O5S/c1-4-10-25(14-18(27)16-29-2)15-24(28)26-11-8-23-21(9-12-32-23)22(26)17-31-20-7-5-6-19(13-20)30-3/h4-7,9,12-13,18,22,27H,1,8,10-11,14-17H2,2-3H3/t18-,22-/m1/s1. The van der Waals surface area contributed by atoms with Gasteiger partial charge in [0.05, 0.1) is 32.4 Å². The lowest BCUT2D eigenvalue weighted by atomic mass is 10.0. The van der Waals surface area contributed by atoms with Gasteiger partial charge in [-0.05, 0) is 35.6 Å². The Kier molecular flexibility index (Phi) is 9.11. The lowest BCUT2D eigenvalue weighted by molar-refractivity contribution is -0.136. The number of benzene rings is 1. The van der Waals surface area contributed by atoms with Crippen molar-refractivity contribution >= 4 is 17.2 Å². The van der Waals surface area contributed by atoms with E-state index in [1.807, 2.05) is 34.1 Å². The fourth-order valence-electron chi connectivity index (χ4n) is 3.95. The minimum Gasteiger partial charge on any atom is -0.497 e. The summed E-state index contributed by atoms with van der Waals surface area (Å²) in [7, 11) is 3.17. The predicted octanol–water partition coefficient (Wildman–Crippen LogP) is 2.76. The maximum atomic E-state index is 13.3. The molecule has 2 atom stereocenters. The molecule has 2 heterocycles. The number of hydrogen-bond donors (Lipinski definition) is 1. The van der Waals surface area contributed by atoms with Gasteiger partial charge in [0.25, 0.3) is 0 Å². The highest BCUT2D eigenvalue weighted by Crippen LogP contribution is 2.34. The number of methoxy groups -OCH3 is 2. The first-order valence-corrected chi connectivity index (χ1v) is 11.6. The summed E-state index contributed by atoms with van der Waals surface area (Å²) in [6.07, 6.45) is 1.91. The number of rotatable bonds is 12. The van der Waals surface area contributed by atoms with Gasteiger partial charge in [0.2, 0.25) is 5.91 Å². The SMILES string of the molecule is C=CCN(CC(=O)N1CCc2sccc2[C@H]1COc1cccc(OC)c1)C[C@@H](O)COC. The Balaban J connectivity index is 1.72. The summed E-state index contributed by atoms with van der Waals surface area (Å²) in [6, 6.07) is 9.39. The fourth-order valence-corrected chi connectivity index (χ4v) is 4.88. The van der Waals surface area contributed by atoms with E-state index >= 15 is 0 Å². The second-order valence-electron chi connectivity index (χ2n) is 7.73. The Labute approximate surface area is 193 Å². The third-order valence-electron chi connectivity index (χ3n) is 5.44. The van der Waals surface area contributed by atoms with E-state index in [1.54, 1.807) is 31.6 Å². The molecule has 1 aliphatic heterocycles. The Morgan fingerprint density at radius 2 is 2.19 bits per heavy atom. The van der Waals surface area contributed by atoms with Gasteiger partial charge in [-0.15, -0.1) is 17.9 Å². The van der Waals surface area contributed by atoms with Crippen molar-refractivity contribution < 1.29 is 24.1 Å². The first kappa shape index (κ1) is 24.3. The largest absolute Gasteiger partial charge is 0.497 e. The zero-order valence-corrected chi connectivity index (χ0v) is 19.6. The van der Waals surface area contributed by atoms with Crippen molar-refractivity contribution in [3.63, 3.8) is 0 Å². The van der Waals surface area contributed by atoms with Gasteiger partial charge in [-0.25, -0.2) is 0 Å². The van der Waals surface area contributed by atoms with Crippen LogP contribution in [-0.2, 0) is 16.0 Å². The number of amides is 1. The van der Waals surface area contributed by atoms with Crippen LogP contribution in [-0.4, -0.2) is 80.5 Å². The molecular formula is C24H32N2O5S. The average molecular weight is 461 g/mol. The van der Waals surface area contributed by atoms with Crippen LogP contribution in [0.25, 0.3) is 0 Å². The second-order valence-corrected chi connectivity index (χ2v) is 8.73. The second kappa shape index (κ2) is 12.0. The summed E-state index contributed by atoms with van der Waals surface area (Å²) in [5.41, 5.74) is 1.15.